The molecule has 118 valence electrons. The van der Waals surface area contributed by atoms with Crippen molar-refractivity contribution in [2.24, 2.45) is 0 Å². The molecule has 3 heteroatoms. The summed E-state index contributed by atoms with van der Waals surface area (Å²) in [5.74, 6) is 0.905. The van der Waals surface area contributed by atoms with Crippen LogP contribution in [0.25, 0.3) is 11.1 Å². The molecular formula is C21H18N2O. The van der Waals surface area contributed by atoms with Gasteiger partial charge in [0.15, 0.2) is 11.5 Å². The maximum atomic E-state index is 6.00. The summed E-state index contributed by atoms with van der Waals surface area (Å²) in [5, 5.41) is 0. The van der Waals surface area contributed by atoms with Gasteiger partial charge in [0, 0.05) is 12.3 Å². The minimum atomic E-state index is 0.196. The van der Waals surface area contributed by atoms with Crippen LogP contribution in [-0.4, -0.2) is 4.98 Å². The molecule has 0 fully saturated rings. The van der Waals surface area contributed by atoms with Crippen molar-refractivity contribution in [3.8, 4) is 0 Å². The lowest BCUT2D eigenvalue weighted by Gasteiger charge is -2.16. The van der Waals surface area contributed by atoms with Crippen LogP contribution < -0.4 is 5.73 Å². The summed E-state index contributed by atoms with van der Waals surface area (Å²) in [7, 11) is 0. The predicted octanol–water partition coefficient (Wildman–Crippen LogP) is 4.78. The van der Waals surface area contributed by atoms with E-state index < -0.39 is 0 Å². The number of nitrogens with two attached hydrogens (primary N) is 1. The number of hydrogen-bond acceptors (Lipinski definition) is 3. The van der Waals surface area contributed by atoms with Gasteiger partial charge in [0.1, 0.15) is 5.52 Å². The smallest absolute Gasteiger partial charge is 0.196 e. The first-order valence-electron chi connectivity index (χ1n) is 8.05. The molecular weight excluding hydrogens is 296 g/mol. The third kappa shape index (κ3) is 2.76. The van der Waals surface area contributed by atoms with Gasteiger partial charge in [0.2, 0.25) is 0 Å². The molecule has 0 saturated carbocycles. The number of oxazole rings is 1. The molecule has 1 heterocycles. The standard InChI is InChI=1S/C21H18N2O/c22-18-12-7-13-19-21(18)23-20(24-19)14-17(15-8-3-1-4-9-15)16-10-5-2-6-11-16/h1-13,17H,14,22H2. The fraction of sp³-hybridized carbons (Fsp3) is 0.0952. The molecule has 0 radical (unpaired) electrons. The zero-order chi connectivity index (χ0) is 16.4. The second kappa shape index (κ2) is 6.20. The molecule has 2 N–H and O–H groups in total. The van der Waals surface area contributed by atoms with Crippen LogP contribution >= 0.6 is 0 Å². The molecule has 0 aliphatic heterocycles. The van der Waals surface area contributed by atoms with Gasteiger partial charge in [-0.05, 0) is 23.3 Å². The molecule has 0 aliphatic carbocycles. The van der Waals surface area contributed by atoms with Crippen molar-refractivity contribution >= 4 is 16.8 Å². The lowest BCUT2D eigenvalue weighted by molar-refractivity contribution is 0.514. The maximum Gasteiger partial charge on any atom is 0.196 e. The van der Waals surface area contributed by atoms with E-state index in [0.29, 0.717) is 18.0 Å². The van der Waals surface area contributed by atoms with Gasteiger partial charge in [-0.3, -0.25) is 0 Å². The molecule has 0 amide bonds. The summed E-state index contributed by atoms with van der Waals surface area (Å²) in [6.07, 6.45) is 0.697. The van der Waals surface area contributed by atoms with Gasteiger partial charge in [-0.2, -0.15) is 0 Å². The SMILES string of the molecule is Nc1cccc2oc(CC(c3ccccc3)c3ccccc3)nc12. The molecule has 0 unspecified atom stereocenters. The molecule has 0 saturated heterocycles. The van der Waals surface area contributed by atoms with Crippen molar-refractivity contribution in [1.82, 2.24) is 4.98 Å². The van der Waals surface area contributed by atoms with Gasteiger partial charge in [0.05, 0.1) is 5.69 Å². The Morgan fingerprint density at radius 1 is 0.792 bits per heavy atom. The number of benzene rings is 3. The van der Waals surface area contributed by atoms with E-state index in [1.54, 1.807) is 0 Å². The van der Waals surface area contributed by atoms with Crippen LogP contribution in [0.5, 0.6) is 0 Å². The molecule has 0 bridgehead atoms. The Morgan fingerprint density at radius 3 is 2.00 bits per heavy atom. The zero-order valence-corrected chi connectivity index (χ0v) is 13.2. The fourth-order valence-corrected chi connectivity index (χ4v) is 3.08. The Morgan fingerprint density at radius 2 is 1.42 bits per heavy atom. The van der Waals surface area contributed by atoms with Crippen LogP contribution in [0.1, 0.15) is 22.9 Å². The number of hydrogen-bond donors (Lipinski definition) is 1. The molecule has 1 aromatic heterocycles. The number of para-hydroxylation sites is 1. The van der Waals surface area contributed by atoms with Crippen molar-refractivity contribution in [2.45, 2.75) is 12.3 Å². The Bertz CT molecular complexity index is 906. The van der Waals surface area contributed by atoms with Gasteiger partial charge in [-0.15, -0.1) is 0 Å². The molecule has 4 aromatic rings. The second-order valence-electron chi connectivity index (χ2n) is 5.88. The van der Waals surface area contributed by atoms with E-state index in [0.717, 1.165) is 11.1 Å². The van der Waals surface area contributed by atoms with Gasteiger partial charge in [-0.1, -0.05) is 66.7 Å². The van der Waals surface area contributed by atoms with E-state index in [9.17, 15) is 0 Å². The quantitative estimate of drug-likeness (QED) is 0.551. The lowest BCUT2D eigenvalue weighted by atomic mass is 9.88. The van der Waals surface area contributed by atoms with Crippen LogP contribution in [-0.2, 0) is 6.42 Å². The molecule has 3 nitrogen and oxygen atoms in total. The van der Waals surface area contributed by atoms with E-state index in [4.69, 9.17) is 10.2 Å². The van der Waals surface area contributed by atoms with Crippen molar-refractivity contribution < 1.29 is 4.42 Å². The summed E-state index contributed by atoms with van der Waals surface area (Å²) >= 11 is 0. The number of rotatable bonds is 4. The first kappa shape index (κ1) is 14.5. The molecule has 3 aromatic carbocycles. The Labute approximate surface area is 140 Å². The number of anilines is 1. The van der Waals surface area contributed by atoms with E-state index in [-0.39, 0.29) is 5.92 Å². The summed E-state index contributed by atoms with van der Waals surface area (Å²) in [5.41, 5.74) is 10.6. The third-order valence-corrected chi connectivity index (χ3v) is 4.28. The minimum Gasteiger partial charge on any atom is -0.441 e. The first-order valence-corrected chi connectivity index (χ1v) is 8.05. The summed E-state index contributed by atoms with van der Waals surface area (Å²) < 4.78 is 5.93. The average Bonchev–Trinajstić information content (AvgIpc) is 3.05. The largest absolute Gasteiger partial charge is 0.441 e. The highest BCUT2D eigenvalue weighted by Gasteiger charge is 2.18. The van der Waals surface area contributed by atoms with E-state index >= 15 is 0 Å². The van der Waals surface area contributed by atoms with Gasteiger partial charge in [-0.25, -0.2) is 4.98 Å². The molecule has 24 heavy (non-hydrogen) atoms. The van der Waals surface area contributed by atoms with Crippen LogP contribution in [0.2, 0.25) is 0 Å². The van der Waals surface area contributed by atoms with Crippen LogP contribution in [0, 0.1) is 0 Å². The van der Waals surface area contributed by atoms with E-state index in [2.05, 4.69) is 53.5 Å². The van der Waals surface area contributed by atoms with Crippen molar-refractivity contribution in [3.63, 3.8) is 0 Å². The topological polar surface area (TPSA) is 52.0 Å². The highest BCUT2D eigenvalue weighted by molar-refractivity contribution is 5.85. The predicted molar refractivity (Wildman–Crippen MR) is 96.9 cm³/mol. The summed E-state index contributed by atoms with van der Waals surface area (Å²) in [6.45, 7) is 0. The van der Waals surface area contributed by atoms with Crippen LogP contribution in [0.3, 0.4) is 0 Å². The van der Waals surface area contributed by atoms with Crippen molar-refractivity contribution in [2.75, 3.05) is 5.73 Å². The van der Waals surface area contributed by atoms with Crippen molar-refractivity contribution in [1.29, 1.82) is 0 Å². The van der Waals surface area contributed by atoms with Crippen LogP contribution in [0.4, 0.5) is 5.69 Å². The van der Waals surface area contributed by atoms with Crippen molar-refractivity contribution in [3.05, 3.63) is 95.9 Å². The number of nitrogen functional groups attached to an aromatic ring is 1. The fourth-order valence-electron chi connectivity index (χ4n) is 3.08. The third-order valence-electron chi connectivity index (χ3n) is 4.28. The molecule has 4 rings (SSSR count). The first-order chi connectivity index (χ1) is 11.8. The number of aromatic nitrogens is 1. The van der Waals surface area contributed by atoms with Gasteiger partial charge in [0.25, 0.3) is 0 Å². The summed E-state index contributed by atoms with van der Waals surface area (Å²) in [4.78, 5) is 4.61. The van der Waals surface area contributed by atoms with Gasteiger partial charge >= 0.3 is 0 Å². The monoisotopic (exact) mass is 314 g/mol. The Hall–Kier alpha value is -3.07. The van der Waals surface area contributed by atoms with E-state index in [1.165, 1.54) is 11.1 Å². The van der Waals surface area contributed by atoms with Gasteiger partial charge < -0.3 is 10.2 Å². The van der Waals surface area contributed by atoms with E-state index in [1.807, 2.05) is 30.3 Å². The highest BCUT2D eigenvalue weighted by Crippen LogP contribution is 2.30. The normalized spacial score (nSPS) is 11.2. The molecule has 0 atom stereocenters. The number of fused-ring (bicyclic) bond motifs is 1. The van der Waals surface area contributed by atoms with Crippen LogP contribution in [0.15, 0.2) is 83.3 Å². The zero-order valence-electron chi connectivity index (χ0n) is 13.2. The maximum absolute atomic E-state index is 6.00. The average molecular weight is 314 g/mol. The molecule has 0 aliphatic rings. The summed E-state index contributed by atoms with van der Waals surface area (Å²) in [6, 6.07) is 26.6. The lowest BCUT2D eigenvalue weighted by Crippen LogP contribution is -2.05. The Balaban J connectivity index is 1.75. The molecule has 0 spiro atoms. The highest BCUT2D eigenvalue weighted by atomic mass is 16.3. The number of nitrogens with zero attached hydrogens (tertiary/aromatic N) is 1. The minimum absolute atomic E-state index is 0.196. The Kier molecular flexibility index (Phi) is 3.75. The second-order valence-corrected chi connectivity index (χ2v) is 5.88.